The van der Waals surface area contributed by atoms with Crippen LogP contribution in [0.2, 0.25) is 0 Å². The van der Waals surface area contributed by atoms with Crippen LogP contribution in [0.5, 0.6) is 0 Å². The van der Waals surface area contributed by atoms with Crippen LogP contribution in [0.25, 0.3) is 0 Å². The van der Waals surface area contributed by atoms with Crippen LogP contribution >= 0.6 is 0 Å². The molecule has 3 N–H and O–H groups in total. The Morgan fingerprint density at radius 3 is 2.94 bits per heavy atom. The van der Waals surface area contributed by atoms with Crippen LogP contribution in [0.3, 0.4) is 0 Å². The van der Waals surface area contributed by atoms with E-state index in [1.807, 2.05) is 6.92 Å². The molecule has 1 fully saturated rings. The number of hydrogen-bond acceptors (Lipinski definition) is 5. The Balaban J connectivity index is 2.14. The van der Waals surface area contributed by atoms with Crippen molar-refractivity contribution in [3.8, 4) is 0 Å². The van der Waals surface area contributed by atoms with Crippen LogP contribution in [-0.2, 0) is 0 Å². The maximum absolute atomic E-state index is 5.93. The van der Waals surface area contributed by atoms with E-state index in [-0.39, 0.29) is 5.54 Å². The molecule has 0 saturated heterocycles. The molecule has 2 rings (SSSR count). The molecular formula is C11H20N4O. The lowest BCUT2D eigenvalue weighted by atomic mass is 9.73. The number of nitrogens with one attached hydrogen (secondary N) is 1. The SMILES string of the molecule is Cc1noc(NC2(CN)CCCCC2C)n1. The monoisotopic (exact) mass is 224 g/mol. The number of nitrogens with zero attached hydrogens (tertiary/aromatic N) is 2. The predicted molar refractivity (Wildman–Crippen MR) is 62.1 cm³/mol. The lowest BCUT2D eigenvalue weighted by Crippen LogP contribution is -2.52. The van der Waals surface area contributed by atoms with Crippen molar-refractivity contribution in [2.24, 2.45) is 11.7 Å². The average Bonchev–Trinajstić information content (AvgIpc) is 2.67. The van der Waals surface area contributed by atoms with Gasteiger partial charge in [0.25, 0.3) is 0 Å². The Hall–Kier alpha value is -1.10. The minimum Gasteiger partial charge on any atom is -0.331 e. The molecule has 0 spiro atoms. The van der Waals surface area contributed by atoms with Gasteiger partial charge >= 0.3 is 6.01 Å². The van der Waals surface area contributed by atoms with Crippen LogP contribution in [0.4, 0.5) is 6.01 Å². The quantitative estimate of drug-likeness (QED) is 0.817. The van der Waals surface area contributed by atoms with Gasteiger partial charge in [-0.25, -0.2) is 0 Å². The number of anilines is 1. The predicted octanol–water partition coefficient (Wildman–Crippen LogP) is 1.70. The summed E-state index contributed by atoms with van der Waals surface area (Å²) in [7, 11) is 0. The Morgan fingerprint density at radius 1 is 1.56 bits per heavy atom. The molecule has 1 saturated carbocycles. The molecule has 2 unspecified atom stereocenters. The van der Waals surface area contributed by atoms with Crippen molar-refractivity contribution in [2.75, 3.05) is 11.9 Å². The molecular weight excluding hydrogens is 204 g/mol. The highest BCUT2D eigenvalue weighted by atomic mass is 16.5. The van der Waals surface area contributed by atoms with Gasteiger partial charge in [-0.05, 0) is 25.7 Å². The number of hydrogen-bond donors (Lipinski definition) is 2. The van der Waals surface area contributed by atoms with E-state index in [1.165, 1.54) is 19.3 Å². The van der Waals surface area contributed by atoms with E-state index in [2.05, 4.69) is 22.4 Å². The molecule has 0 aliphatic heterocycles. The van der Waals surface area contributed by atoms with Crippen LogP contribution in [-0.4, -0.2) is 22.2 Å². The fourth-order valence-corrected chi connectivity index (χ4v) is 2.51. The molecule has 1 heterocycles. The molecule has 0 radical (unpaired) electrons. The molecule has 16 heavy (non-hydrogen) atoms. The Labute approximate surface area is 95.8 Å². The highest BCUT2D eigenvalue weighted by Crippen LogP contribution is 2.35. The second-order valence-electron chi connectivity index (χ2n) is 4.78. The van der Waals surface area contributed by atoms with Gasteiger partial charge < -0.3 is 15.6 Å². The molecule has 1 aliphatic rings. The van der Waals surface area contributed by atoms with Crippen molar-refractivity contribution < 1.29 is 4.52 Å². The van der Waals surface area contributed by atoms with Crippen molar-refractivity contribution in [1.82, 2.24) is 10.1 Å². The third kappa shape index (κ3) is 2.04. The van der Waals surface area contributed by atoms with E-state index in [0.29, 0.717) is 24.3 Å². The second kappa shape index (κ2) is 4.41. The minimum absolute atomic E-state index is 0.0722. The zero-order valence-corrected chi connectivity index (χ0v) is 9.99. The van der Waals surface area contributed by atoms with Gasteiger partial charge in [-0.3, -0.25) is 0 Å². The Kier molecular flexibility index (Phi) is 3.14. The molecule has 1 aromatic heterocycles. The van der Waals surface area contributed by atoms with Gasteiger partial charge in [0.15, 0.2) is 5.82 Å². The fourth-order valence-electron chi connectivity index (χ4n) is 2.51. The lowest BCUT2D eigenvalue weighted by molar-refractivity contribution is 0.228. The first-order chi connectivity index (χ1) is 7.66. The summed E-state index contributed by atoms with van der Waals surface area (Å²) in [5.74, 6) is 1.19. The van der Waals surface area contributed by atoms with Gasteiger partial charge in [-0.15, -0.1) is 0 Å². The number of aromatic nitrogens is 2. The summed E-state index contributed by atoms with van der Waals surface area (Å²) in [6.45, 7) is 4.66. The van der Waals surface area contributed by atoms with Crippen molar-refractivity contribution in [2.45, 2.75) is 45.1 Å². The molecule has 1 aliphatic carbocycles. The van der Waals surface area contributed by atoms with Crippen LogP contribution < -0.4 is 11.1 Å². The molecule has 0 bridgehead atoms. The molecule has 90 valence electrons. The highest BCUT2D eigenvalue weighted by molar-refractivity contribution is 5.27. The minimum atomic E-state index is -0.0722. The summed E-state index contributed by atoms with van der Waals surface area (Å²) in [5, 5.41) is 7.13. The number of rotatable bonds is 3. The zero-order valence-electron chi connectivity index (χ0n) is 9.99. The van der Waals surface area contributed by atoms with Crippen LogP contribution in [0.1, 0.15) is 38.4 Å². The van der Waals surface area contributed by atoms with E-state index in [9.17, 15) is 0 Å². The molecule has 2 atom stereocenters. The van der Waals surface area contributed by atoms with E-state index in [4.69, 9.17) is 10.3 Å². The van der Waals surface area contributed by atoms with Gasteiger partial charge in [0.1, 0.15) is 0 Å². The zero-order chi connectivity index (χ0) is 11.6. The standard InChI is InChI=1S/C11H20N4O/c1-8-5-3-4-6-11(8,7-12)14-10-13-9(2)15-16-10/h8H,3-7,12H2,1-2H3,(H,13,14,15). The summed E-state index contributed by atoms with van der Waals surface area (Å²) in [5.41, 5.74) is 5.86. The Bertz CT molecular complexity index is 352. The number of aryl methyl sites for hydroxylation is 1. The molecule has 1 aromatic rings. The smallest absolute Gasteiger partial charge is 0.321 e. The first-order valence-electron chi connectivity index (χ1n) is 5.95. The van der Waals surface area contributed by atoms with E-state index < -0.39 is 0 Å². The molecule has 0 aromatic carbocycles. The van der Waals surface area contributed by atoms with Crippen molar-refractivity contribution in [1.29, 1.82) is 0 Å². The first-order valence-corrected chi connectivity index (χ1v) is 5.95. The number of nitrogens with two attached hydrogens (primary N) is 1. The molecule has 5 nitrogen and oxygen atoms in total. The third-order valence-electron chi connectivity index (χ3n) is 3.70. The second-order valence-corrected chi connectivity index (χ2v) is 4.78. The van der Waals surface area contributed by atoms with Crippen LogP contribution in [0, 0.1) is 12.8 Å². The maximum Gasteiger partial charge on any atom is 0.321 e. The van der Waals surface area contributed by atoms with Gasteiger partial charge in [0.05, 0.1) is 5.54 Å². The highest BCUT2D eigenvalue weighted by Gasteiger charge is 2.38. The lowest BCUT2D eigenvalue weighted by Gasteiger charge is -2.41. The third-order valence-corrected chi connectivity index (χ3v) is 3.70. The van der Waals surface area contributed by atoms with Crippen molar-refractivity contribution >= 4 is 6.01 Å². The van der Waals surface area contributed by atoms with Gasteiger partial charge in [-0.2, -0.15) is 4.98 Å². The van der Waals surface area contributed by atoms with E-state index >= 15 is 0 Å². The van der Waals surface area contributed by atoms with Gasteiger partial charge in [0.2, 0.25) is 0 Å². The summed E-state index contributed by atoms with van der Waals surface area (Å²) < 4.78 is 5.11. The summed E-state index contributed by atoms with van der Waals surface area (Å²) in [6, 6.07) is 0.497. The fraction of sp³-hybridized carbons (Fsp3) is 0.818. The first kappa shape index (κ1) is 11.4. The van der Waals surface area contributed by atoms with Crippen LogP contribution in [0.15, 0.2) is 4.52 Å². The Morgan fingerprint density at radius 2 is 2.38 bits per heavy atom. The topological polar surface area (TPSA) is 77.0 Å². The normalized spacial score (nSPS) is 30.3. The van der Waals surface area contributed by atoms with Gasteiger partial charge in [0, 0.05) is 6.54 Å². The van der Waals surface area contributed by atoms with Crippen molar-refractivity contribution in [3.05, 3.63) is 5.82 Å². The van der Waals surface area contributed by atoms with E-state index in [0.717, 1.165) is 6.42 Å². The summed E-state index contributed by atoms with van der Waals surface area (Å²) >= 11 is 0. The maximum atomic E-state index is 5.93. The van der Waals surface area contributed by atoms with Gasteiger partial charge in [-0.1, -0.05) is 24.9 Å². The van der Waals surface area contributed by atoms with E-state index in [1.54, 1.807) is 0 Å². The summed E-state index contributed by atoms with van der Waals surface area (Å²) in [4.78, 5) is 4.19. The van der Waals surface area contributed by atoms with Crippen molar-refractivity contribution in [3.63, 3.8) is 0 Å². The average molecular weight is 224 g/mol. The molecule has 0 amide bonds. The summed E-state index contributed by atoms with van der Waals surface area (Å²) in [6.07, 6.45) is 4.78. The largest absolute Gasteiger partial charge is 0.331 e. The molecule has 5 heteroatoms.